The molecule has 0 saturated heterocycles. The first-order valence-electron chi connectivity index (χ1n) is 4.31. The highest BCUT2D eigenvalue weighted by atomic mass is 16.7. The van der Waals surface area contributed by atoms with Crippen LogP contribution in [0.2, 0.25) is 0 Å². The van der Waals surface area contributed by atoms with E-state index >= 15 is 0 Å². The van der Waals surface area contributed by atoms with E-state index in [-0.39, 0.29) is 5.76 Å². The van der Waals surface area contributed by atoms with Crippen molar-refractivity contribution in [3.8, 4) is 0 Å². The Morgan fingerprint density at radius 2 is 1.93 bits per heavy atom. The Kier molecular flexibility index (Phi) is 2.33. The minimum Gasteiger partial charge on any atom is -0.449 e. The summed E-state index contributed by atoms with van der Waals surface area (Å²) in [6.45, 7) is 6.92. The van der Waals surface area contributed by atoms with Crippen LogP contribution >= 0.6 is 0 Å². The lowest BCUT2D eigenvalue weighted by atomic mass is 10.1. The number of ether oxygens (including phenoxy) is 1. The zero-order valence-electron chi connectivity index (χ0n) is 8.74. The summed E-state index contributed by atoms with van der Waals surface area (Å²) in [6, 6.07) is 0. The van der Waals surface area contributed by atoms with Crippen molar-refractivity contribution in [2.24, 2.45) is 0 Å². The van der Waals surface area contributed by atoms with Gasteiger partial charge in [-0.3, -0.25) is 0 Å². The summed E-state index contributed by atoms with van der Waals surface area (Å²) in [6.07, 6.45) is 0.233. The molecule has 0 aromatic rings. The zero-order valence-corrected chi connectivity index (χ0v) is 8.74. The third-order valence-corrected chi connectivity index (χ3v) is 2.36. The van der Waals surface area contributed by atoms with Crippen molar-refractivity contribution in [3.63, 3.8) is 0 Å². The standard InChI is InChI=1S/C9H15NO4/c1-8(2)5-6(14-7(11)12)9(3,4)10(8)13/h5,13H,1-4H3,(H,11,12). The average molecular weight is 201 g/mol. The molecule has 0 amide bonds. The summed E-state index contributed by atoms with van der Waals surface area (Å²) >= 11 is 0. The maximum absolute atomic E-state index is 10.4. The number of nitrogens with zero attached hydrogens (tertiary/aromatic N) is 1. The lowest BCUT2D eigenvalue weighted by Gasteiger charge is -2.34. The van der Waals surface area contributed by atoms with E-state index < -0.39 is 17.2 Å². The lowest BCUT2D eigenvalue weighted by Crippen LogP contribution is -2.48. The zero-order chi connectivity index (χ0) is 11.1. The van der Waals surface area contributed by atoms with Crippen LogP contribution in [0.25, 0.3) is 0 Å². The average Bonchev–Trinajstić information content (AvgIpc) is 2.12. The lowest BCUT2D eigenvalue weighted by molar-refractivity contribution is -0.190. The van der Waals surface area contributed by atoms with Gasteiger partial charge in [0, 0.05) is 0 Å². The van der Waals surface area contributed by atoms with Crippen LogP contribution in [0, 0.1) is 0 Å². The largest absolute Gasteiger partial charge is 0.511 e. The van der Waals surface area contributed by atoms with Crippen LogP contribution in [0.5, 0.6) is 0 Å². The Hall–Kier alpha value is -1.07. The third-order valence-electron chi connectivity index (χ3n) is 2.36. The van der Waals surface area contributed by atoms with Crippen LogP contribution in [0.15, 0.2) is 11.8 Å². The second kappa shape index (κ2) is 2.96. The molecule has 0 fully saturated rings. The van der Waals surface area contributed by atoms with Gasteiger partial charge < -0.3 is 15.1 Å². The minimum atomic E-state index is -1.37. The fourth-order valence-corrected chi connectivity index (χ4v) is 1.63. The van der Waals surface area contributed by atoms with Gasteiger partial charge in [0.05, 0.1) is 11.1 Å². The highest BCUT2D eigenvalue weighted by Crippen LogP contribution is 2.38. The van der Waals surface area contributed by atoms with E-state index in [1.807, 2.05) is 0 Å². The molecule has 0 spiro atoms. The molecule has 0 unspecified atom stereocenters. The van der Waals surface area contributed by atoms with Crippen molar-refractivity contribution < 1.29 is 19.8 Å². The summed E-state index contributed by atoms with van der Waals surface area (Å²) < 4.78 is 4.61. The van der Waals surface area contributed by atoms with Crippen molar-refractivity contribution in [2.75, 3.05) is 0 Å². The molecule has 1 aliphatic rings. The molecule has 1 rings (SSSR count). The van der Waals surface area contributed by atoms with Crippen molar-refractivity contribution in [1.29, 1.82) is 0 Å². The van der Waals surface area contributed by atoms with Crippen LogP contribution in [0.4, 0.5) is 4.79 Å². The SMILES string of the molecule is CC1(C)C=C(OC(=O)O)C(C)(C)N1O. The van der Waals surface area contributed by atoms with Gasteiger partial charge in [0.2, 0.25) is 0 Å². The van der Waals surface area contributed by atoms with Gasteiger partial charge in [-0.1, -0.05) is 0 Å². The molecule has 0 saturated carbocycles. The quantitative estimate of drug-likeness (QED) is 0.633. The summed E-state index contributed by atoms with van der Waals surface area (Å²) in [4.78, 5) is 10.4. The molecule has 5 nitrogen and oxygen atoms in total. The van der Waals surface area contributed by atoms with Gasteiger partial charge in [0.15, 0.2) is 0 Å². The summed E-state index contributed by atoms with van der Waals surface area (Å²) in [5.41, 5.74) is -1.43. The topological polar surface area (TPSA) is 70.0 Å². The first-order chi connectivity index (χ1) is 6.18. The molecule has 2 N–H and O–H groups in total. The normalized spacial score (nSPS) is 24.5. The van der Waals surface area contributed by atoms with Gasteiger partial charge in [0.1, 0.15) is 5.76 Å². The number of hydroxylamine groups is 2. The van der Waals surface area contributed by atoms with Crippen molar-refractivity contribution in [1.82, 2.24) is 5.06 Å². The minimum absolute atomic E-state index is 0.248. The third kappa shape index (κ3) is 1.60. The molecular formula is C9H15NO4. The van der Waals surface area contributed by atoms with E-state index in [9.17, 15) is 10.0 Å². The molecule has 0 atom stereocenters. The maximum atomic E-state index is 10.4. The van der Waals surface area contributed by atoms with Gasteiger partial charge in [-0.2, -0.15) is 5.06 Å². The van der Waals surface area contributed by atoms with Gasteiger partial charge in [-0.15, -0.1) is 0 Å². The van der Waals surface area contributed by atoms with E-state index in [4.69, 9.17) is 5.11 Å². The van der Waals surface area contributed by atoms with Gasteiger partial charge >= 0.3 is 6.16 Å². The Bertz CT molecular complexity index is 293. The predicted octanol–water partition coefficient (Wildman–Crippen LogP) is 1.83. The number of rotatable bonds is 1. The van der Waals surface area contributed by atoms with Crippen LogP contribution in [-0.2, 0) is 4.74 Å². The Balaban J connectivity index is 3.00. The molecule has 0 aromatic carbocycles. The first-order valence-corrected chi connectivity index (χ1v) is 4.31. The van der Waals surface area contributed by atoms with Crippen LogP contribution < -0.4 is 0 Å². The molecule has 0 radical (unpaired) electrons. The second-order valence-corrected chi connectivity index (χ2v) is 4.40. The summed E-state index contributed by atoms with van der Waals surface area (Å²) in [5.74, 6) is 0.248. The van der Waals surface area contributed by atoms with Gasteiger partial charge in [-0.25, -0.2) is 4.79 Å². The highest BCUT2D eigenvalue weighted by molar-refractivity contribution is 5.59. The van der Waals surface area contributed by atoms with E-state index in [0.717, 1.165) is 5.06 Å². The molecule has 14 heavy (non-hydrogen) atoms. The first kappa shape index (κ1) is 11.0. The number of hydrogen-bond acceptors (Lipinski definition) is 4. The number of carboxylic acid groups (broad SMARTS) is 1. The molecule has 0 bridgehead atoms. The monoisotopic (exact) mass is 201 g/mol. The van der Waals surface area contributed by atoms with Crippen molar-refractivity contribution in [2.45, 2.75) is 38.8 Å². The predicted molar refractivity (Wildman–Crippen MR) is 49.0 cm³/mol. The van der Waals surface area contributed by atoms with Gasteiger partial charge in [0.25, 0.3) is 0 Å². The maximum Gasteiger partial charge on any atom is 0.511 e. The molecule has 1 heterocycles. The number of hydrogen-bond donors (Lipinski definition) is 2. The smallest absolute Gasteiger partial charge is 0.449 e. The number of carbonyl (C=O) groups is 1. The molecule has 80 valence electrons. The van der Waals surface area contributed by atoms with E-state index in [2.05, 4.69) is 4.74 Å². The molecule has 1 aliphatic heterocycles. The molecule has 5 heteroatoms. The summed E-state index contributed by atoms with van der Waals surface area (Å²) in [7, 11) is 0. The van der Waals surface area contributed by atoms with Crippen molar-refractivity contribution in [3.05, 3.63) is 11.8 Å². The van der Waals surface area contributed by atoms with Crippen LogP contribution in [0.3, 0.4) is 0 Å². The molecule has 0 aliphatic carbocycles. The molecular weight excluding hydrogens is 186 g/mol. The summed E-state index contributed by atoms with van der Waals surface area (Å²) in [5, 5.41) is 19.4. The second-order valence-electron chi connectivity index (χ2n) is 4.40. The van der Waals surface area contributed by atoms with E-state index in [1.54, 1.807) is 33.8 Å². The fourth-order valence-electron chi connectivity index (χ4n) is 1.63. The van der Waals surface area contributed by atoms with Gasteiger partial charge in [-0.05, 0) is 33.8 Å². The Morgan fingerprint density at radius 3 is 2.21 bits per heavy atom. The van der Waals surface area contributed by atoms with E-state index in [1.165, 1.54) is 0 Å². The van der Waals surface area contributed by atoms with Crippen molar-refractivity contribution >= 4 is 6.16 Å². The molecule has 0 aromatic heterocycles. The Morgan fingerprint density at radius 1 is 1.43 bits per heavy atom. The highest BCUT2D eigenvalue weighted by Gasteiger charge is 2.47. The van der Waals surface area contributed by atoms with E-state index in [0.29, 0.717) is 0 Å². The van der Waals surface area contributed by atoms with Crippen LogP contribution in [-0.4, -0.2) is 32.6 Å². The fraction of sp³-hybridized carbons (Fsp3) is 0.667. The Labute approximate surface area is 82.5 Å². The van der Waals surface area contributed by atoms with Crippen LogP contribution in [0.1, 0.15) is 27.7 Å².